The molecule has 0 saturated heterocycles. The highest BCUT2D eigenvalue weighted by molar-refractivity contribution is 5.31. The summed E-state index contributed by atoms with van der Waals surface area (Å²) < 4.78 is 5.72. The van der Waals surface area contributed by atoms with Gasteiger partial charge < -0.3 is 9.84 Å². The van der Waals surface area contributed by atoms with Crippen LogP contribution in [0, 0.1) is 11.3 Å². The van der Waals surface area contributed by atoms with Gasteiger partial charge >= 0.3 is 0 Å². The molecule has 1 aromatic carbocycles. The van der Waals surface area contributed by atoms with Crippen molar-refractivity contribution in [3.05, 3.63) is 35.4 Å². The Labute approximate surface area is 103 Å². The minimum absolute atomic E-state index is 0.419. The zero-order valence-corrected chi connectivity index (χ0v) is 10.8. The summed E-state index contributed by atoms with van der Waals surface area (Å²) in [6.45, 7) is 7.59. The zero-order valence-electron chi connectivity index (χ0n) is 10.8. The van der Waals surface area contributed by atoms with Gasteiger partial charge in [-0.25, -0.2) is 0 Å². The summed E-state index contributed by atoms with van der Waals surface area (Å²) in [6, 6.07) is 9.31. The van der Waals surface area contributed by atoms with Crippen molar-refractivity contribution < 1.29 is 9.84 Å². The zero-order chi connectivity index (χ0) is 13.1. The highest BCUT2D eigenvalue weighted by Crippen LogP contribution is 2.26. The van der Waals surface area contributed by atoms with E-state index >= 15 is 0 Å². The van der Waals surface area contributed by atoms with Gasteiger partial charge in [0.2, 0.25) is 0 Å². The summed E-state index contributed by atoms with van der Waals surface area (Å²) in [5.41, 5.74) is 0.0948. The van der Waals surface area contributed by atoms with Crippen LogP contribution in [-0.4, -0.2) is 16.3 Å². The molecule has 1 N–H and O–H groups in total. The minimum atomic E-state index is -0.903. The first-order valence-corrected chi connectivity index (χ1v) is 5.61. The summed E-state index contributed by atoms with van der Waals surface area (Å²) in [4.78, 5) is 0. The first-order valence-electron chi connectivity index (χ1n) is 5.61. The van der Waals surface area contributed by atoms with Crippen molar-refractivity contribution >= 4 is 0 Å². The Morgan fingerprint density at radius 2 is 1.71 bits per heavy atom. The SMILES string of the molecule is CC(C)(O)C(C)(C)OCc1ccc(C#N)cc1. The van der Waals surface area contributed by atoms with Gasteiger partial charge in [-0.1, -0.05) is 12.1 Å². The molecule has 0 aliphatic heterocycles. The molecule has 0 amide bonds. The molecular weight excluding hydrogens is 214 g/mol. The third-order valence-electron chi connectivity index (χ3n) is 3.16. The molecule has 0 fully saturated rings. The molecule has 0 radical (unpaired) electrons. The molecule has 0 saturated carbocycles. The molecule has 1 aromatic rings. The second-order valence-electron chi connectivity index (χ2n) is 5.17. The summed E-state index contributed by atoms with van der Waals surface area (Å²) in [7, 11) is 0. The molecule has 0 spiro atoms. The van der Waals surface area contributed by atoms with Gasteiger partial charge in [-0.2, -0.15) is 5.26 Å². The monoisotopic (exact) mass is 233 g/mol. The van der Waals surface area contributed by atoms with Gasteiger partial charge in [0.15, 0.2) is 0 Å². The molecule has 1 rings (SSSR count). The molecule has 3 nitrogen and oxygen atoms in total. The predicted octanol–water partition coefficient (Wildman–Crippen LogP) is 2.62. The Morgan fingerprint density at radius 3 is 2.12 bits per heavy atom. The summed E-state index contributed by atoms with van der Waals surface area (Å²) in [5, 5.41) is 18.6. The Balaban J connectivity index is 2.65. The first kappa shape index (κ1) is 13.7. The number of hydrogen-bond acceptors (Lipinski definition) is 3. The van der Waals surface area contributed by atoms with Gasteiger partial charge in [0.05, 0.1) is 29.4 Å². The number of ether oxygens (including phenoxy) is 1. The van der Waals surface area contributed by atoms with Crippen LogP contribution in [0.4, 0.5) is 0 Å². The van der Waals surface area contributed by atoms with Crippen LogP contribution in [-0.2, 0) is 11.3 Å². The highest BCUT2D eigenvalue weighted by Gasteiger charge is 2.35. The van der Waals surface area contributed by atoms with E-state index in [4.69, 9.17) is 10.00 Å². The van der Waals surface area contributed by atoms with Crippen molar-refractivity contribution in [2.45, 2.75) is 45.5 Å². The van der Waals surface area contributed by atoms with Crippen LogP contribution in [0.2, 0.25) is 0 Å². The van der Waals surface area contributed by atoms with E-state index in [1.807, 2.05) is 26.0 Å². The van der Waals surface area contributed by atoms with Crippen LogP contribution in [0.1, 0.15) is 38.8 Å². The lowest BCUT2D eigenvalue weighted by molar-refractivity contribution is -0.153. The molecule has 0 aromatic heterocycles. The van der Waals surface area contributed by atoms with Crippen molar-refractivity contribution in [2.24, 2.45) is 0 Å². The van der Waals surface area contributed by atoms with Crippen molar-refractivity contribution in [3.63, 3.8) is 0 Å². The largest absolute Gasteiger partial charge is 0.387 e. The highest BCUT2D eigenvalue weighted by atomic mass is 16.5. The molecule has 0 aliphatic carbocycles. The smallest absolute Gasteiger partial charge is 0.0991 e. The van der Waals surface area contributed by atoms with E-state index in [0.717, 1.165) is 5.56 Å². The number of benzene rings is 1. The third kappa shape index (κ3) is 3.55. The lowest BCUT2D eigenvalue weighted by Gasteiger charge is -2.37. The molecule has 0 unspecified atom stereocenters. The van der Waals surface area contributed by atoms with Crippen molar-refractivity contribution in [1.82, 2.24) is 0 Å². The maximum absolute atomic E-state index is 9.94. The maximum Gasteiger partial charge on any atom is 0.0991 e. The lowest BCUT2D eigenvalue weighted by Crippen LogP contribution is -2.47. The van der Waals surface area contributed by atoms with E-state index in [2.05, 4.69) is 6.07 Å². The second-order valence-corrected chi connectivity index (χ2v) is 5.17. The van der Waals surface area contributed by atoms with E-state index in [0.29, 0.717) is 12.2 Å². The molecule has 0 atom stereocenters. The average Bonchev–Trinajstić information content (AvgIpc) is 2.25. The Hall–Kier alpha value is -1.37. The Kier molecular flexibility index (Phi) is 3.92. The number of nitriles is 1. The Morgan fingerprint density at radius 1 is 1.18 bits per heavy atom. The third-order valence-corrected chi connectivity index (χ3v) is 3.16. The van der Waals surface area contributed by atoms with Crippen LogP contribution in [0.3, 0.4) is 0 Å². The molecule has 0 heterocycles. The fourth-order valence-electron chi connectivity index (χ4n) is 1.12. The fraction of sp³-hybridized carbons (Fsp3) is 0.500. The van der Waals surface area contributed by atoms with Crippen molar-refractivity contribution in [1.29, 1.82) is 5.26 Å². The number of nitrogens with zero attached hydrogens (tertiary/aromatic N) is 1. The lowest BCUT2D eigenvalue weighted by atomic mass is 9.89. The van der Waals surface area contributed by atoms with Crippen LogP contribution in [0.15, 0.2) is 24.3 Å². The van der Waals surface area contributed by atoms with E-state index in [1.165, 1.54) is 0 Å². The van der Waals surface area contributed by atoms with Gasteiger partial charge in [0.1, 0.15) is 0 Å². The van der Waals surface area contributed by atoms with Gasteiger partial charge in [0.25, 0.3) is 0 Å². The van der Waals surface area contributed by atoms with Crippen LogP contribution >= 0.6 is 0 Å². The maximum atomic E-state index is 9.94. The number of aliphatic hydroxyl groups is 1. The second kappa shape index (κ2) is 4.87. The molecule has 0 aliphatic rings. The molecular formula is C14H19NO2. The molecule has 92 valence electrons. The standard InChI is InChI=1S/C14H19NO2/c1-13(2,16)14(3,4)17-10-12-7-5-11(9-15)6-8-12/h5-8,16H,10H2,1-4H3. The van der Waals surface area contributed by atoms with E-state index in [1.54, 1.807) is 26.0 Å². The van der Waals surface area contributed by atoms with Gasteiger partial charge in [0, 0.05) is 0 Å². The minimum Gasteiger partial charge on any atom is -0.387 e. The normalized spacial score (nSPS) is 12.2. The van der Waals surface area contributed by atoms with E-state index in [9.17, 15) is 5.11 Å². The van der Waals surface area contributed by atoms with E-state index in [-0.39, 0.29) is 0 Å². The topological polar surface area (TPSA) is 53.2 Å². The molecule has 0 bridgehead atoms. The number of hydrogen-bond donors (Lipinski definition) is 1. The summed E-state index contributed by atoms with van der Waals surface area (Å²) >= 11 is 0. The summed E-state index contributed by atoms with van der Waals surface area (Å²) in [6.07, 6.45) is 0. The van der Waals surface area contributed by atoms with Crippen LogP contribution in [0.25, 0.3) is 0 Å². The van der Waals surface area contributed by atoms with E-state index < -0.39 is 11.2 Å². The van der Waals surface area contributed by atoms with Crippen LogP contribution < -0.4 is 0 Å². The molecule has 17 heavy (non-hydrogen) atoms. The van der Waals surface area contributed by atoms with Gasteiger partial charge in [-0.05, 0) is 45.4 Å². The van der Waals surface area contributed by atoms with Gasteiger partial charge in [-0.15, -0.1) is 0 Å². The first-order chi connectivity index (χ1) is 7.76. The van der Waals surface area contributed by atoms with Crippen LogP contribution in [0.5, 0.6) is 0 Å². The average molecular weight is 233 g/mol. The van der Waals surface area contributed by atoms with Crippen molar-refractivity contribution in [3.8, 4) is 6.07 Å². The summed E-state index contributed by atoms with van der Waals surface area (Å²) in [5.74, 6) is 0. The Bertz CT molecular complexity index is 407. The molecule has 3 heteroatoms. The number of rotatable bonds is 4. The quantitative estimate of drug-likeness (QED) is 0.869. The van der Waals surface area contributed by atoms with Gasteiger partial charge in [-0.3, -0.25) is 0 Å². The predicted molar refractivity (Wildman–Crippen MR) is 66.3 cm³/mol. The fourth-order valence-corrected chi connectivity index (χ4v) is 1.12. The van der Waals surface area contributed by atoms with Crippen molar-refractivity contribution in [2.75, 3.05) is 0 Å².